The van der Waals surface area contributed by atoms with Crippen LogP contribution >= 0.6 is 0 Å². The lowest BCUT2D eigenvalue weighted by Gasteiger charge is -2.17. The molecule has 0 saturated carbocycles. The van der Waals surface area contributed by atoms with E-state index in [1.807, 2.05) is 36.4 Å². The summed E-state index contributed by atoms with van der Waals surface area (Å²) in [5.74, 6) is 0.670. The molecule has 3 aromatic carbocycles. The van der Waals surface area contributed by atoms with Gasteiger partial charge in [-0.15, -0.1) is 0 Å². The van der Waals surface area contributed by atoms with Gasteiger partial charge in [0, 0.05) is 11.3 Å². The van der Waals surface area contributed by atoms with E-state index in [0.29, 0.717) is 34.9 Å². The first-order chi connectivity index (χ1) is 15.6. The second-order valence-electron chi connectivity index (χ2n) is 6.88. The van der Waals surface area contributed by atoms with Crippen LogP contribution in [0.3, 0.4) is 0 Å². The summed E-state index contributed by atoms with van der Waals surface area (Å²) in [6, 6.07) is 21.9. The van der Waals surface area contributed by atoms with Crippen molar-refractivity contribution in [3.8, 4) is 23.3 Å². The molecule has 3 aromatic rings. The van der Waals surface area contributed by atoms with Gasteiger partial charge in [-0.2, -0.15) is 5.26 Å². The summed E-state index contributed by atoms with van der Waals surface area (Å²) in [7, 11) is 0. The van der Waals surface area contributed by atoms with Crippen LogP contribution in [-0.2, 0) is 11.4 Å². The van der Waals surface area contributed by atoms with E-state index in [1.54, 1.807) is 43.3 Å². The highest BCUT2D eigenvalue weighted by Gasteiger charge is 2.17. The van der Waals surface area contributed by atoms with Gasteiger partial charge in [0.15, 0.2) is 11.5 Å². The summed E-state index contributed by atoms with van der Waals surface area (Å²) in [5, 5.41) is 21.0. The van der Waals surface area contributed by atoms with Crippen molar-refractivity contribution in [2.45, 2.75) is 13.5 Å². The van der Waals surface area contributed by atoms with Crippen molar-refractivity contribution in [2.75, 3.05) is 25.1 Å². The van der Waals surface area contributed by atoms with Gasteiger partial charge in [0.05, 0.1) is 18.2 Å². The van der Waals surface area contributed by atoms with Gasteiger partial charge in [-0.1, -0.05) is 30.3 Å². The third-order valence-electron chi connectivity index (χ3n) is 4.57. The van der Waals surface area contributed by atoms with Crippen LogP contribution < -0.4 is 19.5 Å². The first-order valence-corrected chi connectivity index (χ1v) is 10.1. The maximum absolute atomic E-state index is 12.4. The monoisotopic (exact) mass is 432 g/mol. The van der Waals surface area contributed by atoms with E-state index >= 15 is 0 Å². The Balaban J connectivity index is 1.67. The molecule has 0 unspecified atom stereocenters. The van der Waals surface area contributed by atoms with E-state index in [9.17, 15) is 4.79 Å². The Morgan fingerprint density at radius 3 is 2.41 bits per heavy atom. The summed E-state index contributed by atoms with van der Waals surface area (Å²) < 4.78 is 17.0. The normalized spacial score (nSPS) is 10.2. The van der Waals surface area contributed by atoms with Gasteiger partial charge in [0.2, 0.25) is 0 Å². The van der Waals surface area contributed by atoms with Crippen molar-refractivity contribution >= 4 is 11.7 Å². The second kappa shape index (κ2) is 11.4. The molecule has 32 heavy (non-hydrogen) atoms. The number of carbonyl (C=O) groups excluding carboxylic acids is 1. The Morgan fingerprint density at radius 2 is 1.72 bits per heavy atom. The smallest absolute Gasteiger partial charge is 0.330 e. The van der Waals surface area contributed by atoms with Gasteiger partial charge in [0.1, 0.15) is 25.5 Å². The molecular formula is C25H24N2O5. The topological polar surface area (TPSA) is 101 Å². The van der Waals surface area contributed by atoms with Crippen LogP contribution in [0.25, 0.3) is 0 Å². The van der Waals surface area contributed by atoms with Crippen LogP contribution in [0, 0.1) is 18.3 Å². The fraction of sp³-hybridized carbons (Fsp3) is 0.200. The number of hydrogen-bond acceptors (Lipinski definition) is 7. The number of anilines is 1. The minimum Gasteiger partial charge on any atom is -0.488 e. The lowest BCUT2D eigenvalue weighted by molar-refractivity contribution is -0.132. The fourth-order valence-electron chi connectivity index (χ4n) is 2.94. The molecule has 7 heteroatoms. The van der Waals surface area contributed by atoms with Crippen LogP contribution in [0.4, 0.5) is 5.69 Å². The molecule has 0 fully saturated rings. The Morgan fingerprint density at radius 1 is 1.00 bits per heavy atom. The zero-order chi connectivity index (χ0) is 22.8. The molecule has 0 radical (unpaired) electrons. The van der Waals surface area contributed by atoms with Crippen LogP contribution in [0.15, 0.2) is 66.7 Å². The van der Waals surface area contributed by atoms with Crippen molar-refractivity contribution in [3.05, 3.63) is 83.4 Å². The van der Waals surface area contributed by atoms with Gasteiger partial charge in [-0.3, -0.25) is 0 Å². The highest BCUT2D eigenvalue weighted by Crippen LogP contribution is 2.37. The lowest BCUT2D eigenvalue weighted by atomic mass is 10.1. The van der Waals surface area contributed by atoms with Crippen LogP contribution in [0.1, 0.15) is 16.7 Å². The van der Waals surface area contributed by atoms with Crippen LogP contribution in [-0.4, -0.2) is 30.8 Å². The Bertz CT molecular complexity index is 1080. The van der Waals surface area contributed by atoms with E-state index in [-0.39, 0.29) is 25.5 Å². The molecule has 0 spiro atoms. The molecule has 7 nitrogen and oxygen atoms in total. The number of ether oxygens (including phenoxy) is 3. The van der Waals surface area contributed by atoms with E-state index in [4.69, 9.17) is 24.6 Å². The molecule has 0 aliphatic rings. The zero-order valence-electron chi connectivity index (χ0n) is 17.7. The average Bonchev–Trinajstić information content (AvgIpc) is 2.83. The molecule has 0 bridgehead atoms. The molecule has 0 aliphatic carbocycles. The number of nitriles is 1. The summed E-state index contributed by atoms with van der Waals surface area (Å²) in [6.07, 6.45) is 0. The predicted molar refractivity (Wildman–Crippen MR) is 120 cm³/mol. The highest BCUT2D eigenvalue weighted by atomic mass is 16.6. The van der Waals surface area contributed by atoms with Gasteiger partial charge >= 0.3 is 5.97 Å². The molecular weight excluding hydrogens is 408 g/mol. The lowest BCUT2D eigenvalue weighted by Crippen LogP contribution is -2.20. The average molecular weight is 432 g/mol. The Kier molecular flexibility index (Phi) is 8.07. The Hall–Kier alpha value is -4.02. The second-order valence-corrected chi connectivity index (χ2v) is 6.88. The molecule has 0 aromatic heterocycles. The van der Waals surface area contributed by atoms with Gasteiger partial charge in [-0.25, -0.2) is 4.79 Å². The number of rotatable bonds is 10. The zero-order valence-corrected chi connectivity index (χ0v) is 17.7. The molecule has 2 N–H and O–H groups in total. The van der Waals surface area contributed by atoms with E-state index in [1.165, 1.54) is 0 Å². The minimum atomic E-state index is -0.513. The molecule has 0 aliphatic heterocycles. The quantitative estimate of drug-likeness (QED) is 0.371. The summed E-state index contributed by atoms with van der Waals surface area (Å²) in [6.45, 7) is 1.99. The predicted octanol–water partition coefficient (Wildman–Crippen LogP) is 3.83. The van der Waals surface area contributed by atoms with E-state index < -0.39 is 5.97 Å². The van der Waals surface area contributed by atoms with Crippen molar-refractivity contribution in [3.63, 3.8) is 0 Å². The third-order valence-corrected chi connectivity index (χ3v) is 4.57. The third kappa shape index (κ3) is 6.24. The molecule has 0 amide bonds. The molecule has 3 rings (SSSR count). The van der Waals surface area contributed by atoms with Gasteiger partial charge in [-0.05, 0) is 48.9 Å². The molecule has 0 heterocycles. The van der Waals surface area contributed by atoms with Gasteiger partial charge < -0.3 is 24.6 Å². The molecule has 0 atom stereocenters. The fourth-order valence-corrected chi connectivity index (χ4v) is 2.94. The number of esters is 1. The largest absolute Gasteiger partial charge is 0.488 e. The number of carbonyl (C=O) groups is 1. The summed E-state index contributed by atoms with van der Waals surface area (Å²) in [4.78, 5) is 12.4. The van der Waals surface area contributed by atoms with E-state index in [2.05, 4.69) is 5.32 Å². The number of hydrogen-bond donors (Lipinski definition) is 2. The number of nitrogens with one attached hydrogen (secondary N) is 1. The van der Waals surface area contributed by atoms with E-state index in [0.717, 1.165) is 5.56 Å². The summed E-state index contributed by atoms with van der Waals surface area (Å²) in [5.41, 5.74) is 2.92. The maximum Gasteiger partial charge on any atom is 0.330 e. The summed E-state index contributed by atoms with van der Waals surface area (Å²) >= 11 is 0. The first kappa shape index (κ1) is 22.7. The highest BCUT2D eigenvalue weighted by molar-refractivity contribution is 5.78. The van der Waals surface area contributed by atoms with Crippen molar-refractivity contribution in [1.82, 2.24) is 0 Å². The van der Waals surface area contributed by atoms with Crippen molar-refractivity contribution in [1.29, 1.82) is 5.26 Å². The van der Waals surface area contributed by atoms with Crippen molar-refractivity contribution < 1.29 is 24.1 Å². The van der Waals surface area contributed by atoms with Gasteiger partial charge in [0.25, 0.3) is 0 Å². The maximum atomic E-state index is 12.4. The first-order valence-electron chi connectivity index (χ1n) is 10.1. The number of aliphatic hydroxyl groups excluding tert-OH is 1. The van der Waals surface area contributed by atoms with Crippen LogP contribution in [0.2, 0.25) is 0 Å². The number of benzene rings is 3. The van der Waals surface area contributed by atoms with Crippen molar-refractivity contribution in [2.24, 2.45) is 0 Å². The standard InChI is InChI=1S/C25H24N2O5/c1-18-22(31-17-20-5-3-2-4-6-20)11-12-23(25(18)30-14-13-28)32-24(29)16-27-21-9-7-19(15-26)8-10-21/h2-12,27-28H,13-14,16-17H2,1H3. The SMILES string of the molecule is Cc1c(OCc2ccccc2)ccc(OC(=O)CNc2ccc(C#N)cc2)c1OCCO. The Labute approximate surface area is 186 Å². The minimum absolute atomic E-state index is 0.0526. The number of aliphatic hydroxyl groups is 1. The van der Waals surface area contributed by atoms with Crippen LogP contribution in [0.5, 0.6) is 17.2 Å². The number of nitrogens with zero attached hydrogens (tertiary/aromatic N) is 1. The molecule has 164 valence electrons. The molecule has 0 saturated heterocycles.